The van der Waals surface area contributed by atoms with E-state index in [0.29, 0.717) is 11.1 Å². The number of benzene rings is 1. The molecule has 6 nitrogen and oxygen atoms in total. The fourth-order valence-corrected chi connectivity index (χ4v) is 3.01. The van der Waals surface area contributed by atoms with E-state index in [9.17, 15) is 14.0 Å². The van der Waals surface area contributed by atoms with Crippen LogP contribution in [0.1, 0.15) is 56.6 Å². The fraction of sp³-hybridized carbons (Fsp3) is 0.579. The van der Waals surface area contributed by atoms with Crippen LogP contribution in [0.2, 0.25) is 0 Å². The molecule has 1 fully saturated rings. The van der Waals surface area contributed by atoms with Crippen molar-refractivity contribution in [2.45, 2.75) is 58.1 Å². The van der Waals surface area contributed by atoms with Crippen LogP contribution in [0.4, 0.5) is 9.18 Å². The molecule has 0 bridgehead atoms. The highest BCUT2D eigenvalue weighted by atomic mass is 19.1. The van der Waals surface area contributed by atoms with Crippen LogP contribution < -0.4 is 0 Å². The Morgan fingerprint density at radius 2 is 1.81 bits per heavy atom. The molecular weight excluding hydrogens is 341 g/mol. The molecule has 1 heterocycles. The van der Waals surface area contributed by atoms with Crippen molar-refractivity contribution in [3.05, 3.63) is 35.4 Å². The van der Waals surface area contributed by atoms with Crippen LogP contribution in [-0.4, -0.2) is 48.1 Å². The van der Waals surface area contributed by atoms with Crippen LogP contribution in [0.15, 0.2) is 24.3 Å². The Labute approximate surface area is 153 Å². The number of alkyl halides is 1. The molecule has 1 amide bonds. The van der Waals surface area contributed by atoms with Gasteiger partial charge in [0.05, 0.1) is 18.7 Å². The lowest BCUT2D eigenvalue weighted by Gasteiger charge is -2.34. The van der Waals surface area contributed by atoms with Gasteiger partial charge in [0.15, 0.2) is 0 Å². The van der Waals surface area contributed by atoms with Crippen LogP contribution in [0, 0.1) is 0 Å². The molecular formula is C19H26FNO5. The predicted molar refractivity (Wildman–Crippen MR) is 93.5 cm³/mol. The first-order valence-electron chi connectivity index (χ1n) is 8.44. The number of nitrogens with zero attached hydrogens (tertiary/aromatic N) is 1. The van der Waals surface area contributed by atoms with Crippen molar-refractivity contribution in [3.63, 3.8) is 0 Å². The third-order valence-electron chi connectivity index (χ3n) is 4.09. The summed E-state index contributed by atoms with van der Waals surface area (Å²) in [7, 11) is 1.30. The van der Waals surface area contributed by atoms with Gasteiger partial charge in [0.2, 0.25) is 0 Å². The van der Waals surface area contributed by atoms with Crippen LogP contribution in [0.25, 0.3) is 0 Å². The molecule has 26 heavy (non-hydrogen) atoms. The van der Waals surface area contributed by atoms with Gasteiger partial charge < -0.3 is 14.2 Å². The lowest BCUT2D eigenvalue weighted by molar-refractivity contribution is -0.0797. The number of methoxy groups -OCH3 is 1. The number of carbonyl (C=O) groups is 2. The second-order valence-corrected chi connectivity index (χ2v) is 7.67. The molecule has 0 N–H and O–H groups in total. The fourth-order valence-electron chi connectivity index (χ4n) is 3.01. The molecule has 1 aliphatic rings. The van der Waals surface area contributed by atoms with Gasteiger partial charge in [0, 0.05) is 0 Å². The molecule has 0 spiro atoms. The molecule has 2 rings (SSSR count). The first-order chi connectivity index (χ1) is 12.0. The van der Waals surface area contributed by atoms with Crippen LogP contribution in [-0.2, 0) is 14.2 Å². The molecule has 2 atom stereocenters. The molecule has 1 aromatic carbocycles. The van der Waals surface area contributed by atoms with Gasteiger partial charge >= 0.3 is 12.1 Å². The lowest BCUT2D eigenvalue weighted by atomic mass is 10.0. The number of carbonyl (C=O) groups excluding carboxylic acids is 2. The monoisotopic (exact) mass is 367 g/mol. The van der Waals surface area contributed by atoms with E-state index in [1.807, 2.05) is 0 Å². The number of ether oxygens (including phenoxy) is 3. The first kappa shape index (κ1) is 20.2. The smallest absolute Gasteiger partial charge is 0.413 e. The normalized spacial score (nSPS) is 22.2. The van der Waals surface area contributed by atoms with E-state index in [4.69, 9.17) is 9.47 Å². The zero-order valence-corrected chi connectivity index (χ0v) is 16.0. The largest absolute Gasteiger partial charge is 0.465 e. The van der Waals surface area contributed by atoms with E-state index in [1.165, 1.54) is 12.0 Å². The molecule has 0 radical (unpaired) electrons. The predicted octanol–water partition coefficient (Wildman–Crippen LogP) is 3.86. The SMILES string of the molecule is COC(=O)c1ccc(C2OC(C)(C)N(C(=O)OC(C)(C)C)C2CF)cc1. The third kappa shape index (κ3) is 4.15. The van der Waals surface area contributed by atoms with Gasteiger partial charge in [0.1, 0.15) is 24.1 Å². The second kappa shape index (κ2) is 7.23. The molecule has 1 aromatic rings. The number of rotatable bonds is 3. The summed E-state index contributed by atoms with van der Waals surface area (Å²) in [4.78, 5) is 25.5. The Hall–Kier alpha value is -2.15. The summed E-state index contributed by atoms with van der Waals surface area (Å²) in [6.45, 7) is 7.86. The van der Waals surface area contributed by atoms with E-state index in [2.05, 4.69) is 4.74 Å². The molecule has 2 unspecified atom stereocenters. The summed E-state index contributed by atoms with van der Waals surface area (Å²) in [5, 5.41) is 0. The molecule has 0 saturated carbocycles. The summed E-state index contributed by atoms with van der Waals surface area (Å²) in [5.41, 5.74) is -0.687. The van der Waals surface area contributed by atoms with Gasteiger partial charge in [-0.15, -0.1) is 0 Å². The average molecular weight is 367 g/mol. The van der Waals surface area contributed by atoms with Gasteiger partial charge in [-0.05, 0) is 52.3 Å². The average Bonchev–Trinajstić information content (AvgIpc) is 2.83. The van der Waals surface area contributed by atoms with E-state index < -0.39 is 42.2 Å². The van der Waals surface area contributed by atoms with Crippen molar-refractivity contribution < 1.29 is 28.2 Å². The van der Waals surface area contributed by atoms with Crippen molar-refractivity contribution in [1.29, 1.82) is 0 Å². The summed E-state index contributed by atoms with van der Waals surface area (Å²) < 4.78 is 30.0. The summed E-state index contributed by atoms with van der Waals surface area (Å²) in [6, 6.07) is 5.69. The number of amides is 1. The molecule has 7 heteroatoms. The minimum Gasteiger partial charge on any atom is -0.465 e. The molecule has 1 aliphatic heterocycles. The van der Waals surface area contributed by atoms with Gasteiger partial charge in [-0.1, -0.05) is 12.1 Å². The number of hydrogen-bond acceptors (Lipinski definition) is 5. The van der Waals surface area contributed by atoms with Crippen LogP contribution in [0.5, 0.6) is 0 Å². The van der Waals surface area contributed by atoms with Gasteiger partial charge in [-0.3, -0.25) is 4.90 Å². The third-order valence-corrected chi connectivity index (χ3v) is 4.09. The van der Waals surface area contributed by atoms with E-state index in [1.54, 1.807) is 58.9 Å². The van der Waals surface area contributed by atoms with Crippen molar-refractivity contribution in [1.82, 2.24) is 4.90 Å². The Kier molecular flexibility index (Phi) is 5.61. The van der Waals surface area contributed by atoms with Gasteiger partial charge in [-0.25, -0.2) is 14.0 Å². The van der Waals surface area contributed by atoms with Crippen molar-refractivity contribution in [3.8, 4) is 0 Å². The Bertz CT molecular complexity index is 666. The zero-order chi connectivity index (χ0) is 19.7. The quantitative estimate of drug-likeness (QED) is 0.759. The second-order valence-electron chi connectivity index (χ2n) is 7.67. The van der Waals surface area contributed by atoms with Crippen molar-refractivity contribution >= 4 is 12.1 Å². The number of hydrogen-bond donors (Lipinski definition) is 0. The highest BCUT2D eigenvalue weighted by molar-refractivity contribution is 5.89. The summed E-state index contributed by atoms with van der Waals surface area (Å²) in [5.74, 6) is -0.457. The highest BCUT2D eigenvalue weighted by Gasteiger charge is 2.51. The van der Waals surface area contributed by atoms with Gasteiger partial charge in [-0.2, -0.15) is 0 Å². The highest BCUT2D eigenvalue weighted by Crippen LogP contribution is 2.42. The minimum absolute atomic E-state index is 0.384. The summed E-state index contributed by atoms with van der Waals surface area (Å²) in [6.07, 6.45) is -1.30. The Morgan fingerprint density at radius 1 is 1.23 bits per heavy atom. The van der Waals surface area contributed by atoms with E-state index in [0.717, 1.165) is 0 Å². The van der Waals surface area contributed by atoms with Crippen molar-refractivity contribution in [2.75, 3.05) is 13.8 Å². The first-order valence-corrected chi connectivity index (χ1v) is 8.44. The van der Waals surface area contributed by atoms with E-state index >= 15 is 0 Å². The molecule has 1 saturated heterocycles. The molecule has 144 valence electrons. The lowest BCUT2D eigenvalue weighted by Crippen LogP contribution is -2.50. The Morgan fingerprint density at radius 3 is 2.27 bits per heavy atom. The maximum atomic E-state index is 13.9. The zero-order valence-electron chi connectivity index (χ0n) is 16.0. The van der Waals surface area contributed by atoms with E-state index in [-0.39, 0.29) is 0 Å². The van der Waals surface area contributed by atoms with Gasteiger partial charge in [0.25, 0.3) is 0 Å². The standard InChI is InChI=1S/C19H26FNO5/c1-18(2,3)26-17(23)21-14(11-20)15(25-19(21,4)5)12-7-9-13(10-8-12)16(22)24-6/h7-10,14-15H,11H2,1-6H3. The maximum absolute atomic E-state index is 13.9. The van der Waals surface area contributed by atoms with Crippen LogP contribution in [0.3, 0.4) is 0 Å². The Balaban J connectivity index is 2.30. The number of halogens is 1. The summed E-state index contributed by atoms with van der Waals surface area (Å²) >= 11 is 0. The van der Waals surface area contributed by atoms with Crippen LogP contribution >= 0.6 is 0 Å². The number of esters is 1. The molecule has 0 aromatic heterocycles. The maximum Gasteiger partial charge on any atom is 0.413 e. The van der Waals surface area contributed by atoms with Crippen molar-refractivity contribution in [2.24, 2.45) is 0 Å². The molecule has 0 aliphatic carbocycles. The minimum atomic E-state index is -1.04. The topological polar surface area (TPSA) is 65.1 Å².